The summed E-state index contributed by atoms with van der Waals surface area (Å²) in [5, 5.41) is 0.668. The molecule has 0 N–H and O–H groups in total. The predicted molar refractivity (Wildman–Crippen MR) is 98.8 cm³/mol. The fourth-order valence-corrected chi connectivity index (χ4v) is 3.40. The molecule has 0 fully saturated rings. The Hall–Kier alpha value is -1.98. The third-order valence-electron chi connectivity index (χ3n) is 3.78. The number of thiophene rings is 1. The highest BCUT2D eigenvalue weighted by atomic mass is 35.5. The van der Waals surface area contributed by atoms with Crippen LogP contribution in [0.2, 0.25) is 5.02 Å². The molecular formula is C18H17ClN2O2S. The number of halogens is 1. The van der Waals surface area contributed by atoms with Gasteiger partial charge in [-0.3, -0.25) is 14.2 Å². The monoisotopic (exact) mass is 360 g/mol. The van der Waals surface area contributed by atoms with Crippen molar-refractivity contribution >= 4 is 38.9 Å². The van der Waals surface area contributed by atoms with Gasteiger partial charge in [-0.05, 0) is 23.8 Å². The highest BCUT2D eigenvalue weighted by Gasteiger charge is 2.22. The summed E-state index contributed by atoms with van der Waals surface area (Å²) in [4.78, 5) is 30.1. The molecule has 4 nitrogen and oxygen atoms in total. The first kappa shape index (κ1) is 16.9. The number of aromatic nitrogens is 2. The summed E-state index contributed by atoms with van der Waals surface area (Å²) < 4.78 is 1.95. The summed E-state index contributed by atoms with van der Waals surface area (Å²) in [7, 11) is 0. The van der Waals surface area contributed by atoms with Crippen molar-refractivity contribution in [3.05, 3.63) is 52.0 Å². The van der Waals surface area contributed by atoms with Crippen LogP contribution in [0.25, 0.3) is 20.7 Å². The van der Waals surface area contributed by atoms with Gasteiger partial charge in [0, 0.05) is 15.3 Å². The number of nitrogens with zero attached hydrogens (tertiary/aromatic N) is 2. The summed E-state index contributed by atoms with van der Waals surface area (Å²) in [5.41, 5.74) is 0.967. The Kier molecular flexibility index (Phi) is 4.32. The lowest BCUT2D eigenvalue weighted by atomic mass is 9.91. The number of carbonyl (C=O) groups is 1. The van der Waals surface area contributed by atoms with Crippen LogP contribution in [0.5, 0.6) is 0 Å². The van der Waals surface area contributed by atoms with Crippen LogP contribution in [0.15, 0.2) is 41.5 Å². The zero-order chi connectivity index (χ0) is 17.5. The van der Waals surface area contributed by atoms with Gasteiger partial charge in [0.05, 0.1) is 18.4 Å². The van der Waals surface area contributed by atoms with Crippen molar-refractivity contribution in [2.24, 2.45) is 5.41 Å². The molecule has 24 heavy (non-hydrogen) atoms. The second-order valence-electron chi connectivity index (χ2n) is 6.68. The third kappa shape index (κ3) is 3.28. The number of hydrogen-bond acceptors (Lipinski definition) is 4. The van der Waals surface area contributed by atoms with E-state index in [2.05, 4.69) is 4.98 Å². The van der Waals surface area contributed by atoms with Crippen molar-refractivity contribution in [1.82, 2.24) is 9.55 Å². The molecule has 0 aliphatic carbocycles. The molecule has 2 aromatic heterocycles. The van der Waals surface area contributed by atoms with Gasteiger partial charge in [-0.2, -0.15) is 0 Å². The van der Waals surface area contributed by atoms with Gasteiger partial charge >= 0.3 is 0 Å². The molecule has 0 aliphatic heterocycles. The molecule has 0 saturated carbocycles. The summed E-state index contributed by atoms with van der Waals surface area (Å²) in [6.07, 6.45) is 1.45. The number of benzene rings is 1. The normalized spacial score (nSPS) is 11.8. The van der Waals surface area contributed by atoms with Crippen molar-refractivity contribution in [2.45, 2.75) is 27.3 Å². The fourth-order valence-electron chi connectivity index (χ4n) is 2.21. The van der Waals surface area contributed by atoms with Gasteiger partial charge in [0.15, 0.2) is 5.78 Å². The Bertz CT molecular complexity index is 965. The lowest BCUT2D eigenvalue weighted by molar-refractivity contribution is -0.126. The maximum absolute atomic E-state index is 12.6. The molecule has 0 saturated heterocycles. The average Bonchev–Trinajstić information content (AvgIpc) is 2.95. The van der Waals surface area contributed by atoms with Crippen molar-refractivity contribution < 1.29 is 4.79 Å². The average molecular weight is 361 g/mol. The topological polar surface area (TPSA) is 52.0 Å². The summed E-state index contributed by atoms with van der Waals surface area (Å²) in [5.74, 6) is 0.000214. The fraction of sp³-hybridized carbons (Fsp3) is 0.278. The standard InChI is InChI=1S/C18H17ClN2O2S/c1-18(2,3)15(22)9-21-10-20-13-8-14(24-16(13)17(21)23)11-4-6-12(19)7-5-11/h4-8,10H,9H2,1-3H3. The van der Waals surface area contributed by atoms with E-state index in [9.17, 15) is 9.59 Å². The highest BCUT2D eigenvalue weighted by molar-refractivity contribution is 7.22. The molecule has 3 rings (SSSR count). The minimum atomic E-state index is -0.488. The lowest BCUT2D eigenvalue weighted by Crippen LogP contribution is -2.30. The summed E-state index contributed by atoms with van der Waals surface area (Å²) in [6.45, 7) is 5.57. The van der Waals surface area contributed by atoms with Gasteiger partial charge in [-0.15, -0.1) is 11.3 Å². The predicted octanol–water partition coefficient (Wildman–Crippen LogP) is 4.39. The number of ketones is 1. The van der Waals surface area contributed by atoms with Crippen LogP contribution in [-0.2, 0) is 11.3 Å². The van der Waals surface area contributed by atoms with Crippen LogP contribution < -0.4 is 5.56 Å². The molecule has 0 unspecified atom stereocenters. The molecule has 124 valence electrons. The molecule has 0 atom stereocenters. The zero-order valence-corrected chi connectivity index (χ0v) is 15.2. The van der Waals surface area contributed by atoms with Crippen molar-refractivity contribution in [2.75, 3.05) is 0 Å². The first-order valence-electron chi connectivity index (χ1n) is 7.54. The maximum Gasteiger partial charge on any atom is 0.271 e. The smallest absolute Gasteiger partial charge is 0.271 e. The Morgan fingerprint density at radius 2 is 1.92 bits per heavy atom. The molecule has 0 spiro atoms. The Labute approximate surface area is 148 Å². The van der Waals surface area contributed by atoms with Crippen molar-refractivity contribution in [3.8, 4) is 10.4 Å². The summed E-state index contributed by atoms with van der Waals surface area (Å²) in [6, 6.07) is 9.34. The maximum atomic E-state index is 12.6. The van der Waals surface area contributed by atoms with E-state index in [1.54, 1.807) is 0 Å². The molecule has 3 aromatic rings. The van der Waals surface area contributed by atoms with E-state index < -0.39 is 5.41 Å². The van der Waals surface area contributed by atoms with Gasteiger partial charge in [0.2, 0.25) is 0 Å². The van der Waals surface area contributed by atoms with Crippen molar-refractivity contribution in [1.29, 1.82) is 0 Å². The molecule has 0 bridgehead atoms. The van der Waals surface area contributed by atoms with E-state index in [1.165, 1.54) is 22.2 Å². The number of Topliss-reactive ketones (excluding diaryl/α,β-unsaturated/α-hetero) is 1. The van der Waals surface area contributed by atoms with E-state index >= 15 is 0 Å². The third-order valence-corrected chi connectivity index (χ3v) is 5.20. The second-order valence-corrected chi connectivity index (χ2v) is 8.17. The zero-order valence-electron chi connectivity index (χ0n) is 13.7. The van der Waals surface area contributed by atoms with E-state index in [0.717, 1.165) is 10.4 Å². The molecule has 2 heterocycles. The Balaban J connectivity index is 2.02. The van der Waals surface area contributed by atoms with E-state index in [-0.39, 0.29) is 17.9 Å². The first-order chi connectivity index (χ1) is 11.3. The summed E-state index contributed by atoms with van der Waals surface area (Å²) >= 11 is 7.30. The van der Waals surface area contributed by atoms with Crippen LogP contribution in [0.1, 0.15) is 20.8 Å². The van der Waals surface area contributed by atoms with Crippen LogP contribution in [0.3, 0.4) is 0 Å². The largest absolute Gasteiger partial charge is 0.297 e. The second kappa shape index (κ2) is 6.15. The quantitative estimate of drug-likeness (QED) is 0.695. The molecule has 0 radical (unpaired) electrons. The molecule has 6 heteroatoms. The molecular weight excluding hydrogens is 344 g/mol. The Morgan fingerprint density at radius 3 is 2.54 bits per heavy atom. The van der Waals surface area contributed by atoms with Crippen molar-refractivity contribution in [3.63, 3.8) is 0 Å². The number of rotatable bonds is 3. The van der Waals surface area contributed by atoms with Gasteiger partial charge in [-0.1, -0.05) is 44.5 Å². The van der Waals surface area contributed by atoms with E-state index in [1.807, 2.05) is 51.1 Å². The van der Waals surface area contributed by atoms with Crippen LogP contribution in [-0.4, -0.2) is 15.3 Å². The number of carbonyl (C=O) groups excluding carboxylic acids is 1. The van der Waals surface area contributed by atoms with Gasteiger partial charge in [0.1, 0.15) is 4.70 Å². The van der Waals surface area contributed by atoms with Crippen LogP contribution in [0, 0.1) is 5.41 Å². The number of hydrogen-bond donors (Lipinski definition) is 0. The minimum absolute atomic E-state index is 0.000214. The van der Waals surface area contributed by atoms with Gasteiger partial charge in [0.25, 0.3) is 5.56 Å². The first-order valence-corrected chi connectivity index (χ1v) is 8.73. The lowest BCUT2D eigenvalue weighted by Gasteiger charge is -2.16. The molecule has 0 amide bonds. The minimum Gasteiger partial charge on any atom is -0.297 e. The van der Waals surface area contributed by atoms with Crippen LogP contribution >= 0.6 is 22.9 Å². The van der Waals surface area contributed by atoms with Gasteiger partial charge < -0.3 is 0 Å². The van der Waals surface area contributed by atoms with Gasteiger partial charge in [-0.25, -0.2) is 4.98 Å². The molecule has 0 aliphatic rings. The molecule has 1 aromatic carbocycles. The number of fused-ring (bicyclic) bond motifs is 1. The Morgan fingerprint density at radius 1 is 1.25 bits per heavy atom. The van der Waals surface area contributed by atoms with Crippen LogP contribution in [0.4, 0.5) is 0 Å². The van der Waals surface area contributed by atoms with E-state index in [4.69, 9.17) is 11.6 Å². The highest BCUT2D eigenvalue weighted by Crippen LogP contribution is 2.31. The van der Waals surface area contributed by atoms with E-state index in [0.29, 0.717) is 15.2 Å². The SMILES string of the molecule is CC(C)(C)C(=O)Cn1cnc2cc(-c3ccc(Cl)cc3)sc2c1=O.